The van der Waals surface area contributed by atoms with E-state index in [0.717, 1.165) is 6.29 Å². The zero-order chi connectivity index (χ0) is 38.9. The monoisotopic (exact) mass is 778 g/mol. The third-order valence-corrected chi connectivity index (χ3v) is 8.08. The van der Waals surface area contributed by atoms with Crippen LogP contribution in [0, 0.1) is 13.8 Å². The van der Waals surface area contributed by atoms with Crippen molar-refractivity contribution in [2.24, 2.45) is 9.98 Å². The summed E-state index contributed by atoms with van der Waals surface area (Å²) >= 11 is 0. The molecule has 4 aromatic carbocycles. The third kappa shape index (κ3) is 9.54. The van der Waals surface area contributed by atoms with Crippen LogP contribution in [0.2, 0.25) is 0 Å². The first-order valence-electron chi connectivity index (χ1n) is 16.3. The summed E-state index contributed by atoms with van der Waals surface area (Å²) in [4.78, 5) is 53.5. The molecule has 2 heterocycles. The van der Waals surface area contributed by atoms with Gasteiger partial charge in [-0.25, -0.2) is 19.0 Å². The van der Waals surface area contributed by atoms with Gasteiger partial charge in [-0.15, -0.1) is 0 Å². The van der Waals surface area contributed by atoms with E-state index in [0.29, 0.717) is 45.0 Å². The van der Waals surface area contributed by atoms with Crippen molar-refractivity contribution < 1.29 is 57.0 Å². The van der Waals surface area contributed by atoms with Crippen LogP contribution in [-0.2, 0) is 28.6 Å². The minimum absolute atomic E-state index is 0. The van der Waals surface area contributed by atoms with Gasteiger partial charge in [-0.3, -0.25) is 14.8 Å². The van der Waals surface area contributed by atoms with E-state index in [1.165, 1.54) is 53.0 Å². The molecule has 0 saturated carbocycles. The number of aromatic nitrogens is 4. The van der Waals surface area contributed by atoms with E-state index < -0.39 is 11.9 Å². The van der Waals surface area contributed by atoms with Gasteiger partial charge in [-0.1, -0.05) is 48.5 Å². The molecule has 0 radical (unpaired) electrons. The van der Waals surface area contributed by atoms with Crippen LogP contribution in [0.15, 0.2) is 107 Å². The second-order valence-electron chi connectivity index (χ2n) is 11.8. The Morgan fingerprint density at radius 1 is 0.673 bits per heavy atom. The molecule has 0 bridgehead atoms. The number of aromatic carboxylic acids is 2. The Balaban J connectivity index is 0.000000240. The molecule has 2 aromatic heterocycles. The molecule has 0 aliphatic carbocycles. The van der Waals surface area contributed by atoms with Crippen LogP contribution in [0.4, 0.5) is 11.4 Å². The van der Waals surface area contributed by atoms with E-state index in [4.69, 9.17) is 0 Å². The average Bonchev–Trinajstić information content (AvgIpc) is 3.62. The normalized spacial score (nSPS) is 10.8. The van der Waals surface area contributed by atoms with Gasteiger partial charge in [0.25, 0.3) is 0 Å². The van der Waals surface area contributed by atoms with Crippen molar-refractivity contribution in [2.45, 2.75) is 27.2 Å². The minimum Gasteiger partial charge on any atom is -0.493 e. The van der Waals surface area contributed by atoms with E-state index in [1.807, 2.05) is 36.4 Å². The summed E-state index contributed by atoms with van der Waals surface area (Å²) in [6.45, 7) is 4.83. The number of rotatable bonds is 11. The van der Waals surface area contributed by atoms with Crippen molar-refractivity contribution in [3.63, 3.8) is 0 Å². The van der Waals surface area contributed by atoms with Crippen molar-refractivity contribution in [3.8, 4) is 23.1 Å². The Bertz CT molecular complexity index is 2420. The number of carboxylic acids is 2. The molecule has 4 N–H and O–H groups in total. The SMILES string of the molecule is CC(=O)c1ccc(C(=O)O)c(N=Cc2c(C)nn(-c3ccccc3)c2O)c1.Cc1nn(-c2ccccc2)c(O)c1C=Nc1cc(CC=O)ccc1C(=O)O.[Cr]. The molecule has 0 saturated heterocycles. The maximum atomic E-state index is 11.6. The number of hydrogen-bond acceptors (Lipinski definition) is 10. The third-order valence-electron chi connectivity index (χ3n) is 8.08. The van der Waals surface area contributed by atoms with Crippen molar-refractivity contribution in [2.75, 3.05) is 0 Å². The number of aromatic hydroxyl groups is 2. The number of benzene rings is 4. The van der Waals surface area contributed by atoms with E-state index in [-0.39, 0.29) is 63.8 Å². The van der Waals surface area contributed by atoms with Gasteiger partial charge in [0.15, 0.2) is 5.78 Å². The fourth-order valence-electron chi connectivity index (χ4n) is 5.25. The summed E-state index contributed by atoms with van der Waals surface area (Å²) in [6, 6.07) is 27.0. The van der Waals surface area contributed by atoms with E-state index in [1.54, 1.807) is 50.2 Å². The van der Waals surface area contributed by atoms with Gasteiger partial charge in [0.2, 0.25) is 11.8 Å². The second kappa shape index (κ2) is 18.2. The molecule has 55 heavy (non-hydrogen) atoms. The number of Topliss-reactive ketones (excluding diaryl/α,β-unsaturated/α-hetero) is 1. The van der Waals surface area contributed by atoms with Crippen LogP contribution in [0.3, 0.4) is 0 Å². The van der Waals surface area contributed by atoms with Gasteiger partial charge in [-0.05, 0) is 74.9 Å². The van der Waals surface area contributed by atoms with Gasteiger partial charge >= 0.3 is 11.9 Å². The van der Waals surface area contributed by atoms with E-state index >= 15 is 0 Å². The van der Waals surface area contributed by atoms with E-state index in [9.17, 15) is 39.6 Å². The van der Waals surface area contributed by atoms with Crippen LogP contribution in [0.5, 0.6) is 11.8 Å². The number of aryl methyl sites for hydroxylation is 2. The zero-order valence-corrected chi connectivity index (χ0v) is 31.0. The van der Waals surface area contributed by atoms with E-state index in [2.05, 4.69) is 20.2 Å². The van der Waals surface area contributed by atoms with Crippen molar-refractivity contribution in [1.82, 2.24) is 19.6 Å². The fourth-order valence-corrected chi connectivity index (χ4v) is 5.25. The number of nitrogens with zero attached hydrogens (tertiary/aromatic N) is 6. The molecule has 0 spiro atoms. The molecule has 6 rings (SSSR count). The van der Waals surface area contributed by atoms with Crippen molar-refractivity contribution >= 4 is 47.8 Å². The standard InChI is InChI=1S/2C20H17N3O4.Cr/c1-12-17(19(25)23(22-12)15-6-4-3-5-7-15)11-21-18-10-14(13(2)24)8-9-16(18)20(26)27;1-13-17(19(25)23(22-13)15-5-3-2-4-6-15)12-21-18-11-14(9-10-24)7-8-16(18)20(26)27;/h3-11,25H,1-2H3,(H,26,27);2-8,10-12,25H,9H2,1H3,(H,26,27);. The molecule has 0 atom stereocenters. The second-order valence-corrected chi connectivity index (χ2v) is 11.8. The number of carbonyl (C=O) groups excluding carboxylic acids is 2. The van der Waals surface area contributed by atoms with Crippen LogP contribution >= 0.6 is 0 Å². The first kappa shape index (κ1) is 40.8. The van der Waals surface area contributed by atoms with Gasteiger partial charge in [0.1, 0.15) is 6.29 Å². The molecule has 0 aliphatic rings. The molecule has 0 amide bonds. The van der Waals surface area contributed by atoms with Crippen molar-refractivity contribution in [1.29, 1.82) is 0 Å². The number of hydrogen-bond donors (Lipinski definition) is 4. The van der Waals surface area contributed by atoms with Crippen LogP contribution in [-0.4, -0.2) is 76.4 Å². The number of para-hydroxylation sites is 2. The maximum absolute atomic E-state index is 11.6. The summed E-state index contributed by atoms with van der Waals surface area (Å²) in [6.07, 6.45) is 3.63. The molecule has 0 unspecified atom stereocenters. The van der Waals surface area contributed by atoms with Gasteiger partial charge in [0.05, 0.1) is 56.4 Å². The first-order valence-corrected chi connectivity index (χ1v) is 16.3. The molecule has 0 aliphatic heterocycles. The van der Waals surface area contributed by atoms with Crippen LogP contribution < -0.4 is 0 Å². The minimum atomic E-state index is -1.15. The Morgan fingerprint density at radius 3 is 1.53 bits per heavy atom. The van der Waals surface area contributed by atoms with Gasteiger partial charge < -0.3 is 25.2 Å². The Morgan fingerprint density at radius 2 is 1.11 bits per heavy atom. The quantitative estimate of drug-likeness (QED) is 0.0628. The summed E-state index contributed by atoms with van der Waals surface area (Å²) in [5.74, 6) is -2.68. The van der Waals surface area contributed by atoms with Gasteiger partial charge in [0, 0.05) is 41.8 Å². The molecular weight excluding hydrogens is 744 g/mol. The van der Waals surface area contributed by atoms with Gasteiger partial charge in [-0.2, -0.15) is 10.2 Å². The van der Waals surface area contributed by atoms with Crippen LogP contribution in [0.1, 0.15) is 66.1 Å². The summed E-state index contributed by atoms with van der Waals surface area (Å²) in [5.41, 5.74) is 4.50. The summed E-state index contributed by atoms with van der Waals surface area (Å²) in [5, 5.41) is 48.3. The number of carbonyl (C=O) groups is 4. The number of carboxylic acid groups (broad SMARTS) is 2. The number of aldehydes is 1. The molecule has 15 heteroatoms. The number of aliphatic imine (C=N–C) groups is 2. The number of ketones is 1. The van der Waals surface area contributed by atoms with Crippen LogP contribution in [0.25, 0.3) is 11.4 Å². The predicted octanol–water partition coefficient (Wildman–Crippen LogP) is 6.61. The molecule has 0 fully saturated rings. The first-order chi connectivity index (χ1) is 25.9. The predicted molar refractivity (Wildman–Crippen MR) is 201 cm³/mol. The van der Waals surface area contributed by atoms with Crippen molar-refractivity contribution in [3.05, 3.63) is 142 Å². The summed E-state index contributed by atoms with van der Waals surface area (Å²) in [7, 11) is 0. The Hall–Kier alpha value is -6.95. The summed E-state index contributed by atoms with van der Waals surface area (Å²) < 4.78 is 2.76. The zero-order valence-electron chi connectivity index (χ0n) is 29.7. The molecule has 278 valence electrons. The maximum Gasteiger partial charge on any atom is 0.337 e. The largest absolute Gasteiger partial charge is 0.493 e. The Kier molecular flexibility index (Phi) is 13.5. The average molecular weight is 779 g/mol. The topological polar surface area (TPSA) is 210 Å². The molecular formula is C40H34CrN6O8. The smallest absolute Gasteiger partial charge is 0.337 e. The molecule has 6 aromatic rings. The molecule has 14 nitrogen and oxygen atoms in total. The fraction of sp³-hybridized carbons (Fsp3) is 0.100. The Labute approximate surface area is 325 Å².